The largest absolute Gasteiger partial charge is 0.339 e. The molecular weight excluding hydrogens is 242 g/mol. The fourth-order valence-electron chi connectivity index (χ4n) is 2.64. The minimum Gasteiger partial charge on any atom is -0.339 e. The molecule has 1 aromatic rings. The zero-order valence-electron chi connectivity index (χ0n) is 11.1. The second-order valence-electron chi connectivity index (χ2n) is 5.38. The van der Waals surface area contributed by atoms with Crippen molar-refractivity contribution in [2.75, 3.05) is 7.05 Å². The van der Waals surface area contributed by atoms with Crippen LogP contribution in [-0.4, -0.2) is 23.9 Å². The normalized spacial score (nSPS) is 23.7. The Balaban J connectivity index is 2.04. The molecule has 0 radical (unpaired) electrons. The van der Waals surface area contributed by atoms with E-state index in [1.807, 2.05) is 36.2 Å². The summed E-state index contributed by atoms with van der Waals surface area (Å²) in [5, 5.41) is 0. The summed E-state index contributed by atoms with van der Waals surface area (Å²) in [6.45, 7) is 2.29. The number of hydrogen-bond donors (Lipinski definition) is 1. The lowest BCUT2D eigenvalue weighted by Crippen LogP contribution is -2.39. The van der Waals surface area contributed by atoms with E-state index >= 15 is 0 Å². The molecule has 1 aliphatic carbocycles. The zero-order valence-corrected chi connectivity index (χ0v) is 12.0. The summed E-state index contributed by atoms with van der Waals surface area (Å²) in [6, 6.07) is 7.88. The number of nitrogens with zero attached hydrogens (tertiary/aromatic N) is 1. The van der Waals surface area contributed by atoms with Crippen LogP contribution in [0.5, 0.6) is 0 Å². The van der Waals surface area contributed by atoms with Crippen LogP contribution in [0.15, 0.2) is 29.2 Å². The third-order valence-corrected chi connectivity index (χ3v) is 4.22. The molecule has 0 saturated heterocycles. The minimum atomic E-state index is 0.116. The van der Waals surface area contributed by atoms with Gasteiger partial charge in [-0.1, -0.05) is 13.0 Å². The van der Waals surface area contributed by atoms with Gasteiger partial charge in [0, 0.05) is 23.5 Å². The smallest absolute Gasteiger partial charge is 0.253 e. The molecule has 1 aromatic carbocycles. The summed E-state index contributed by atoms with van der Waals surface area (Å²) < 4.78 is 0. The number of thiol groups is 1. The van der Waals surface area contributed by atoms with Gasteiger partial charge < -0.3 is 4.90 Å². The summed E-state index contributed by atoms with van der Waals surface area (Å²) in [5.74, 6) is 0.927. The quantitative estimate of drug-likeness (QED) is 0.808. The lowest BCUT2D eigenvalue weighted by Gasteiger charge is -2.33. The molecule has 0 aromatic heterocycles. The predicted molar refractivity (Wildman–Crippen MR) is 77.2 cm³/mol. The van der Waals surface area contributed by atoms with Crippen molar-refractivity contribution in [1.29, 1.82) is 0 Å². The molecular formula is C15H21NOS. The monoisotopic (exact) mass is 263 g/mol. The van der Waals surface area contributed by atoms with Crippen LogP contribution in [0.2, 0.25) is 0 Å². The Bertz CT molecular complexity index is 424. The molecule has 2 nitrogen and oxygen atoms in total. The van der Waals surface area contributed by atoms with E-state index in [-0.39, 0.29) is 5.91 Å². The molecule has 1 fully saturated rings. The molecule has 0 unspecified atom stereocenters. The van der Waals surface area contributed by atoms with E-state index < -0.39 is 0 Å². The number of carbonyl (C=O) groups is 1. The van der Waals surface area contributed by atoms with Gasteiger partial charge in [-0.25, -0.2) is 0 Å². The molecule has 98 valence electrons. The Morgan fingerprint density at radius 3 is 2.56 bits per heavy atom. The van der Waals surface area contributed by atoms with Crippen LogP contribution in [-0.2, 0) is 0 Å². The third-order valence-electron chi connectivity index (χ3n) is 3.95. The van der Waals surface area contributed by atoms with E-state index in [9.17, 15) is 4.79 Å². The SMILES string of the molecule is CC1CCC(N(C)C(=O)c2cccc(S)c2)CC1. The van der Waals surface area contributed by atoms with Gasteiger partial charge >= 0.3 is 0 Å². The van der Waals surface area contributed by atoms with Crippen molar-refractivity contribution in [3.05, 3.63) is 29.8 Å². The van der Waals surface area contributed by atoms with Crippen molar-refractivity contribution in [3.8, 4) is 0 Å². The van der Waals surface area contributed by atoms with Gasteiger partial charge in [-0.15, -0.1) is 12.6 Å². The van der Waals surface area contributed by atoms with Crippen molar-refractivity contribution in [2.45, 2.75) is 43.5 Å². The highest BCUT2D eigenvalue weighted by Crippen LogP contribution is 2.27. The predicted octanol–water partition coefficient (Wildman–Crippen LogP) is 3.63. The van der Waals surface area contributed by atoms with Crippen LogP contribution in [0.4, 0.5) is 0 Å². The highest BCUT2D eigenvalue weighted by molar-refractivity contribution is 7.80. The fraction of sp³-hybridized carbons (Fsp3) is 0.533. The first-order chi connectivity index (χ1) is 8.58. The Kier molecular flexibility index (Phi) is 4.33. The molecule has 0 bridgehead atoms. The number of carbonyl (C=O) groups excluding carboxylic acids is 1. The van der Waals surface area contributed by atoms with Crippen molar-refractivity contribution >= 4 is 18.5 Å². The molecule has 0 spiro atoms. The van der Waals surface area contributed by atoms with Gasteiger partial charge in [0.15, 0.2) is 0 Å². The van der Waals surface area contributed by atoms with Crippen LogP contribution >= 0.6 is 12.6 Å². The van der Waals surface area contributed by atoms with Gasteiger partial charge in [0.05, 0.1) is 0 Å². The van der Waals surface area contributed by atoms with E-state index in [4.69, 9.17) is 0 Å². The topological polar surface area (TPSA) is 20.3 Å². The molecule has 1 saturated carbocycles. The molecule has 1 amide bonds. The van der Waals surface area contributed by atoms with Crippen molar-refractivity contribution in [1.82, 2.24) is 4.90 Å². The maximum atomic E-state index is 12.4. The summed E-state index contributed by atoms with van der Waals surface area (Å²) in [4.78, 5) is 15.1. The number of benzene rings is 1. The van der Waals surface area contributed by atoms with Gasteiger partial charge in [-0.2, -0.15) is 0 Å². The second kappa shape index (κ2) is 5.79. The molecule has 0 N–H and O–H groups in total. The summed E-state index contributed by atoms with van der Waals surface area (Å²) in [6.07, 6.45) is 4.72. The molecule has 18 heavy (non-hydrogen) atoms. The Morgan fingerprint density at radius 1 is 1.28 bits per heavy atom. The highest BCUT2D eigenvalue weighted by Gasteiger charge is 2.25. The zero-order chi connectivity index (χ0) is 13.1. The number of amides is 1. The van der Waals surface area contributed by atoms with Crippen LogP contribution < -0.4 is 0 Å². The third kappa shape index (κ3) is 3.08. The van der Waals surface area contributed by atoms with E-state index in [1.165, 1.54) is 12.8 Å². The molecule has 0 heterocycles. The van der Waals surface area contributed by atoms with E-state index in [2.05, 4.69) is 19.6 Å². The first kappa shape index (κ1) is 13.5. The van der Waals surface area contributed by atoms with E-state index in [1.54, 1.807) is 0 Å². The van der Waals surface area contributed by atoms with Crippen LogP contribution in [0.3, 0.4) is 0 Å². The average Bonchev–Trinajstić information content (AvgIpc) is 2.38. The van der Waals surface area contributed by atoms with Crippen molar-refractivity contribution < 1.29 is 4.79 Å². The standard InChI is InChI=1S/C15H21NOS/c1-11-6-8-13(9-7-11)16(2)15(17)12-4-3-5-14(18)10-12/h3-5,10-11,13,18H,6-9H2,1-2H3. The van der Waals surface area contributed by atoms with Crippen molar-refractivity contribution in [3.63, 3.8) is 0 Å². The maximum Gasteiger partial charge on any atom is 0.253 e. The van der Waals surface area contributed by atoms with Gasteiger partial charge in [-0.05, 0) is 49.8 Å². The summed E-state index contributed by atoms with van der Waals surface area (Å²) in [5.41, 5.74) is 0.739. The number of rotatable bonds is 2. The van der Waals surface area contributed by atoms with Gasteiger partial charge in [0.2, 0.25) is 0 Å². The van der Waals surface area contributed by atoms with Crippen LogP contribution in [0, 0.1) is 5.92 Å². The first-order valence-corrected chi connectivity index (χ1v) is 7.09. The molecule has 2 rings (SSSR count). The fourth-order valence-corrected chi connectivity index (χ4v) is 2.86. The molecule has 0 aliphatic heterocycles. The van der Waals surface area contributed by atoms with Crippen LogP contribution in [0.1, 0.15) is 43.0 Å². The van der Waals surface area contributed by atoms with Gasteiger partial charge in [0.25, 0.3) is 5.91 Å². The molecule has 1 aliphatic rings. The summed E-state index contributed by atoms with van der Waals surface area (Å²) in [7, 11) is 1.92. The average molecular weight is 263 g/mol. The first-order valence-electron chi connectivity index (χ1n) is 6.64. The van der Waals surface area contributed by atoms with Crippen LogP contribution in [0.25, 0.3) is 0 Å². The lowest BCUT2D eigenvalue weighted by molar-refractivity contribution is 0.0679. The van der Waals surface area contributed by atoms with Gasteiger partial charge in [0.1, 0.15) is 0 Å². The summed E-state index contributed by atoms with van der Waals surface area (Å²) >= 11 is 4.29. The second-order valence-corrected chi connectivity index (χ2v) is 5.90. The molecule has 3 heteroatoms. The molecule has 0 atom stereocenters. The Labute approximate surface area is 115 Å². The van der Waals surface area contributed by atoms with Crippen molar-refractivity contribution in [2.24, 2.45) is 5.92 Å². The highest BCUT2D eigenvalue weighted by atomic mass is 32.1. The maximum absolute atomic E-state index is 12.4. The number of hydrogen-bond acceptors (Lipinski definition) is 2. The van der Waals surface area contributed by atoms with E-state index in [0.717, 1.165) is 29.2 Å². The van der Waals surface area contributed by atoms with Gasteiger partial charge in [-0.3, -0.25) is 4.79 Å². The minimum absolute atomic E-state index is 0.116. The van der Waals surface area contributed by atoms with E-state index in [0.29, 0.717) is 6.04 Å². The Hall–Kier alpha value is -0.960. The lowest BCUT2D eigenvalue weighted by atomic mass is 9.86. The Morgan fingerprint density at radius 2 is 1.94 bits per heavy atom.